The zero-order chi connectivity index (χ0) is 53.9. The molecule has 0 radical (unpaired) electrons. The average molecular weight is 1020 g/mol. The predicted molar refractivity (Wildman–Crippen MR) is 339 cm³/mol. The van der Waals surface area contributed by atoms with Crippen LogP contribution in [-0.4, -0.2) is 20.7 Å². The van der Waals surface area contributed by atoms with Crippen molar-refractivity contribution in [2.75, 3.05) is 11.4 Å². The molecule has 16 rings (SSSR count). The highest BCUT2D eigenvalue weighted by atomic mass is 15.1. The molecular weight excluding hydrogens is 969 g/mol. The maximum absolute atomic E-state index is 6.02. The van der Waals surface area contributed by atoms with E-state index in [2.05, 4.69) is 300 Å². The van der Waals surface area contributed by atoms with E-state index >= 15 is 0 Å². The number of H-pyrrole nitrogens is 1. The van der Waals surface area contributed by atoms with E-state index in [1.807, 2.05) is 6.08 Å². The maximum atomic E-state index is 6.02. The third-order valence-electron chi connectivity index (χ3n) is 16.8. The van der Waals surface area contributed by atoms with Crippen molar-refractivity contribution in [3.05, 3.63) is 294 Å². The molecule has 1 aliphatic heterocycles. The Morgan fingerprint density at radius 3 is 1.43 bits per heavy atom. The number of hydrogen-bond acceptors (Lipinski definition) is 1. The van der Waals surface area contributed by atoms with Gasteiger partial charge in [0.05, 0.1) is 27.5 Å². The van der Waals surface area contributed by atoms with Gasteiger partial charge in [-0.25, -0.2) is 0 Å². The summed E-state index contributed by atoms with van der Waals surface area (Å²) < 4.78 is 4.90. The first kappa shape index (κ1) is 47.9. The van der Waals surface area contributed by atoms with E-state index in [9.17, 15) is 0 Å². The van der Waals surface area contributed by atoms with Crippen LogP contribution in [0.2, 0.25) is 0 Å². The van der Waals surface area contributed by atoms with Crippen molar-refractivity contribution in [2.45, 2.75) is 18.8 Å². The van der Waals surface area contributed by atoms with Crippen LogP contribution in [0.15, 0.2) is 266 Å². The predicted octanol–water partition coefficient (Wildman–Crippen LogP) is 18.5. The number of aromatic nitrogens is 3. The molecule has 4 nitrogen and oxygen atoms in total. The maximum Gasteiger partial charge on any atom is 0.0688 e. The summed E-state index contributed by atoms with van der Waals surface area (Å²) in [5, 5.41) is 7.60. The van der Waals surface area contributed by atoms with E-state index in [4.69, 9.17) is 6.42 Å². The summed E-state index contributed by atoms with van der Waals surface area (Å²) in [4.78, 5) is 5.87. The van der Waals surface area contributed by atoms with Crippen LogP contribution in [-0.2, 0) is 11.8 Å². The second-order valence-corrected chi connectivity index (χ2v) is 20.7. The number of hydrogen-bond donors (Lipinski definition) is 1. The van der Waals surface area contributed by atoms with Crippen molar-refractivity contribution in [1.29, 1.82) is 0 Å². The number of para-hydroxylation sites is 7. The molecular formula is C76H54N4. The second-order valence-electron chi connectivity index (χ2n) is 20.7. The summed E-state index contributed by atoms with van der Waals surface area (Å²) in [6.45, 7) is 3.09. The molecule has 1 atom stereocenters. The van der Waals surface area contributed by atoms with Gasteiger partial charge in [0.25, 0.3) is 0 Å². The Morgan fingerprint density at radius 1 is 0.463 bits per heavy atom. The first-order valence-electron chi connectivity index (χ1n) is 27.3. The number of allylic oxidation sites excluding steroid dienone is 7. The second kappa shape index (κ2) is 19.5. The van der Waals surface area contributed by atoms with Crippen LogP contribution in [0.3, 0.4) is 0 Å². The number of fused-ring (bicyclic) bond motifs is 17. The number of anilines is 2. The largest absolute Gasteiger partial charge is 0.355 e. The van der Waals surface area contributed by atoms with E-state index in [-0.39, 0.29) is 0 Å². The minimum Gasteiger partial charge on any atom is -0.355 e. The number of benzene rings is 10. The van der Waals surface area contributed by atoms with Crippen molar-refractivity contribution >= 4 is 82.4 Å². The topological polar surface area (TPSA) is 28.9 Å². The molecule has 0 amide bonds. The number of nitrogens with zero attached hydrogens (tertiary/aromatic N) is 3. The van der Waals surface area contributed by atoms with Gasteiger partial charge in [0.15, 0.2) is 0 Å². The summed E-state index contributed by atoms with van der Waals surface area (Å²) in [7, 11) is 0. The van der Waals surface area contributed by atoms with Gasteiger partial charge >= 0.3 is 0 Å². The van der Waals surface area contributed by atoms with Crippen molar-refractivity contribution in [3.63, 3.8) is 0 Å². The summed E-state index contributed by atoms with van der Waals surface area (Å²) >= 11 is 0. The number of aromatic amines is 1. The van der Waals surface area contributed by atoms with Gasteiger partial charge in [0.2, 0.25) is 0 Å². The summed E-state index contributed by atoms with van der Waals surface area (Å²) in [5.41, 5.74) is 22.5. The van der Waals surface area contributed by atoms with Crippen LogP contribution in [0, 0.1) is 25.2 Å². The van der Waals surface area contributed by atoms with Crippen LogP contribution in [0.25, 0.3) is 93.5 Å². The molecule has 1 N–H and O–H groups in total. The standard InChI is InChI=1S/C62H43N3.C12H9N.C2H2/c1-3-4-21-46-41(2)62(55-39-44(32-35-47(46)55)64-58-27-14-9-22-50(58)51-23-10-15-28-59(51)64)54-38-43(63-37-18-6-5-7-19-42-20-8-13-26-57(42)63)31-34-48(54)49-36-33-45(40-56(49)62)65-60-29-16-11-24-52(60)53-25-12-17-30-61(53)65;1-3-7-11-9(5-1)10-6-2-4-8-12(10)13-11;1-2/h1,4-18,20-36,38-40H,19,37H2,2H3;1-8,13H;1-2H/b7-5-,18-6-,21-4-;;. The first-order chi connectivity index (χ1) is 39.6. The van der Waals surface area contributed by atoms with Crippen molar-refractivity contribution in [2.24, 2.45) is 0 Å². The highest BCUT2D eigenvalue weighted by molar-refractivity contribution is 6.11. The van der Waals surface area contributed by atoms with E-state index in [1.165, 1.54) is 121 Å². The Labute approximate surface area is 466 Å². The Hall–Kier alpha value is -10.5. The highest BCUT2D eigenvalue weighted by Gasteiger charge is 2.52. The third kappa shape index (κ3) is 7.27. The van der Waals surface area contributed by atoms with Gasteiger partial charge in [-0.3, -0.25) is 0 Å². The van der Waals surface area contributed by atoms with Crippen LogP contribution in [0.1, 0.15) is 34.7 Å². The first-order valence-corrected chi connectivity index (χ1v) is 27.3. The monoisotopic (exact) mass is 1020 g/mol. The van der Waals surface area contributed by atoms with Gasteiger partial charge < -0.3 is 19.0 Å². The minimum absolute atomic E-state index is 0.648. The van der Waals surface area contributed by atoms with Crippen molar-refractivity contribution in [3.8, 4) is 47.7 Å². The fraction of sp³-hybridized carbons (Fsp3) is 0.0526. The van der Waals surface area contributed by atoms with Crippen LogP contribution in [0.4, 0.5) is 11.4 Å². The SMILES string of the molecule is C#C.C#C/C=C\C1=C(C)C2(c3cc(-n4c5ccccc5c5ccccc54)ccc31)c1cc(N3C/C=C\C=C/Cc4ccccc43)ccc1-c1ccc(-n3c4ccccc4c4ccccc43)cc12.c1ccc2c(c1)[nH]c1ccccc12. The molecule has 80 heavy (non-hydrogen) atoms. The molecule has 10 aromatic carbocycles. The normalized spacial score (nSPS) is 15.9. The molecule has 0 saturated heterocycles. The molecule has 0 bridgehead atoms. The Balaban J connectivity index is 0.000000333. The molecule has 1 spiro atoms. The molecule has 3 aliphatic rings. The van der Waals surface area contributed by atoms with Crippen LogP contribution in [0.5, 0.6) is 0 Å². The molecule has 2 aliphatic carbocycles. The van der Waals surface area contributed by atoms with Gasteiger partial charge in [-0.1, -0.05) is 176 Å². The van der Waals surface area contributed by atoms with Crippen LogP contribution < -0.4 is 4.90 Å². The Kier molecular flexibility index (Phi) is 11.7. The zero-order valence-corrected chi connectivity index (χ0v) is 44.3. The van der Waals surface area contributed by atoms with Crippen molar-refractivity contribution in [1.82, 2.24) is 14.1 Å². The molecule has 0 saturated carbocycles. The summed E-state index contributed by atoms with van der Waals surface area (Å²) in [6, 6.07) is 82.3. The van der Waals surface area contributed by atoms with Gasteiger partial charge in [0.1, 0.15) is 0 Å². The molecule has 4 heteroatoms. The Bertz CT molecular complexity index is 4680. The molecule has 378 valence electrons. The molecule has 0 fully saturated rings. The van der Waals surface area contributed by atoms with Crippen molar-refractivity contribution < 1.29 is 0 Å². The van der Waals surface area contributed by atoms with Gasteiger partial charge in [-0.2, -0.15) is 0 Å². The quantitative estimate of drug-likeness (QED) is 0.175. The smallest absolute Gasteiger partial charge is 0.0688 e. The number of rotatable bonds is 4. The lowest BCUT2D eigenvalue weighted by molar-refractivity contribution is 0.764. The summed E-state index contributed by atoms with van der Waals surface area (Å²) in [6.07, 6.45) is 27.8. The average Bonchev–Trinajstić information content (AvgIpc) is 4.32. The number of nitrogens with one attached hydrogen (secondary N) is 1. The Morgan fingerprint density at radius 2 is 0.887 bits per heavy atom. The van der Waals surface area contributed by atoms with Gasteiger partial charge in [0, 0.05) is 72.6 Å². The highest BCUT2D eigenvalue weighted by Crippen LogP contribution is 2.63. The lowest BCUT2D eigenvalue weighted by atomic mass is 9.70. The lowest BCUT2D eigenvalue weighted by Crippen LogP contribution is -2.27. The molecule has 13 aromatic rings. The van der Waals surface area contributed by atoms with E-state index in [0.29, 0.717) is 0 Å². The van der Waals surface area contributed by atoms with Gasteiger partial charge in [-0.05, 0) is 154 Å². The van der Waals surface area contributed by atoms with E-state index in [0.717, 1.165) is 30.0 Å². The number of terminal acetylenes is 2. The molecule has 3 aromatic heterocycles. The molecule has 1 unspecified atom stereocenters. The fourth-order valence-corrected chi connectivity index (χ4v) is 13.5. The molecule has 4 heterocycles. The van der Waals surface area contributed by atoms with E-state index < -0.39 is 5.41 Å². The minimum atomic E-state index is -0.648. The fourth-order valence-electron chi connectivity index (χ4n) is 13.5. The van der Waals surface area contributed by atoms with E-state index in [1.54, 1.807) is 0 Å². The summed E-state index contributed by atoms with van der Waals surface area (Å²) in [5.74, 6) is 2.84. The lowest BCUT2D eigenvalue weighted by Gasteiger charge is -2.33. The zero-order valence-electron chi connectivity index (χ0n) is 44.3. The van der Waals surface area contributed by atoms with Gasteiger partial charge in [-0.15, -0.1) is 19.3 Å². The third-order valence-corrected chi connectivity index (χ3v) is 16.8. The van der Waals surface area contributed by atoms with Crippen LogP contribution >= 0.6 is 0 Å².